The van der Waals surface area contributed by atoms with E-state index in [1.54, 1.807) is 22.7 Å². The van der Waals surface area contributed by atoms with E-state index in [2.05, 4.69) is 194 Å². The van der Waals surface area contributed by atoms with Crippen LogP contribution in [0.15, 0.2) is 169 Å². The molecule has 6 aromatic carbocycles. The Balaban J connectivity index is 1.03. The number of hydrogen-bond donors (Lipinski definition) is 0. The van der Waals surface area contributed by atoms with Crippen molar-refractivity contribution in [1.82, 2.24) is 4.98 Å². The molecule has 1 aliphatic rings. The van der Waals surface area contributed by atoms with Crippen LogP contribution < -0.4 is 14.5 Å². The van der Waals surface area contributed by atoms with Crippen molar-refractivity contribution in [2.75, 3.05) is 16.5 Å². The van der Waals surface area contributed by atoms with Gasteiger partial charge in [0, 0.05) is 60.9 Å². The summed E-state index contributed by atoms with van der Waals surface area (Å²) in [5.74, 6) is 0.802. The molecule has 0 unspecified atom stereocenters. The molecular weight excluding hydrogens is 723 g/mol. The Bertz CT molecular complexity index is 2810. The zero-order chi connectivity index (χ0) is 37.8. The van der Waals surface area contributed by atoms with Crippen molar-refractivity contribution in [3.05, 3.63) is 175 Å². The molecule has 0 saturated carbocycles. The summed E-state index contributed by atoms with van der Waals surface area (Å²) >= 11 is 3.46. The van der Waals surface area contributed by atoms with Crippen LogP contribution in [-0.4, -0.2) is 11.7 Å². The molecule has 4 nitrogen and oxygen atoms in total. The van der Waals surface area contributed by atoms with E-state index in [4.69, 9.17) is 9.72 Å². The lowest BCUT2D eigenvalue weighted by Gasteiger charge is -2.27. The molecule has 0 N–H and O–H groups in total. The molecule has 0 fully saturated rings. The highest BCUT2D eigenvalue weighted by Crippen LogP contribution is 2.51. The summed E-state index contributed by atoms with van der Waals surface area (Å²) < 4.78 is 9.20. The van der Waals surface area contributed by atoms with Gasteiger partial charge >= 0.3 is 0 Å². The second-order valence-electron chi connectivity index (χ2n) is 15.3. The van der Waals surface area contributed by atoms with Crippen LogP contribution in [0.3, 0.4) is 0 Å². The third kappa shape index (κ3) is 6.12. The predicted octanol–water partition coefficient (Wildman–Crippen LogP) is 14.8. The summed E-state index contributed by atoms with van der Waals surface area (Å²) in [5.41, 5.74) is 12.8. The van der Waals surface area contributed by atoms with E-state index >= 15 is 0 Å². The predicted molar refractivity (Wildman–Crippen MR) is 239 cm³/mol. The van der Waals surface area contributed by atoms with E-state index in [1.807, 2.05) is 6.20 Å². The lowest BCUT2D eigenvalue weighted by Crippen LogP contribution is -2.24. The van der Waals surface area contributed by atoms with Crippen molar-refractivity contribution in [3.63, 3.8) is 0 Å². The quantitative estimate of drug-likeness (QED) is 0.162. The maximum absolute atomic E-state index is 6.75. The first kappa shape index (κ1) is 34.3. The normalized spacial score (nSPS) is 12.8. The molecule has 56 heavy (non-hydrogen) atoms. The molecule has 272 valence electrons. The Kier molecular flexibility index (Phi) is 8.46. The summed E-state index contributed by atoms with van der Waals surface area (Å²) in [7, 11) is 0. The molecule has 10 rings (SSSR count). The van der Waals surface area contributed by atoms with Gasteiger partial charge in [-0.05, 0) is 76.0 Å². The SMILES string of the molecule is CC(C)(C)c1ccnc(-c2c3ccsc3cc3sc(Oc4cccc(N5CN(c6c(-c7ccccc7)cccc6-c6ccccc6)c6ccccc65)c4)cc23)c1. The topological polar surface area (TPSA) is 28.6 Å². The fourth-order valence-electron chi connectivity index (χ4n) is 7.94. The summed E-state index contributed by atoms with van der Waals surface area (Å²) in [6.45, 7) is 7.40. The standard InChI is InChI=1S/C50H39N3OS2/c1-50(2,3)35-24-26-51-42(28-35)48-40-25-27-55-45(40)31-46-41(48)30-47(56-46)54-37-19-12-18-36(29-37)52-32-53(44-23-11-10-22-43(44)52)49-38(33-14-6-4-7-15-33)20-13-21-39(49)34-16-8-5-9-17-34/h4-31H,32H2,1-3H3. The molecule has 0 atom stereocenters. The minimum atomic E-state index is 0.0234. The average Bonchev–Trinajstić information content (AvgIpc) is 3.97. The van der Waals surface area contributed by atoms with Gasteiger partial charge in [0.15, 0.2) is 5.06 Å². The van der Waals surface area contributed by atoms with E-state index in [0.29, 0.717) is 6.67 Å². The second-order valence-corrected chi connectivity index (χ2v) is 17.3. The number of fused-ring (bicyclic) bond motifs is 3. The monoisotopic (exact) mass is 761 g/mol. The maximum atomic E-state index is 6.75. The Morgan fingerprint density at radius 1 is 0.607 bits per heavy atom. The Morgan fingerprint density at radius 2 is 1.29 bits per heavy atom. The lowest BCUT2D eigenvalue weighted by molar-refractivity contribution is 0.497. The molecule has 0 saturated heterocycles. The number of pyridine rings is 1. The smallest absolute Gasteiger partial charge is 0.182 e. The van der Waals surface area contributed by atoms with Crippen molar-refractivity contribution < 1.29 is 4.74 Å². The highest BCUT2D eigenvalue weighted by atomic mass is 32.1. The molecule has 6 heteroatoms. The van der Waals surface area contributed by atoms with Crippen molar-refractivity contribution in [2.24, 2.45) is 0 Å². The van der Waals surface area contributed by atoms with Crippen LogP contribution in [0.1, 0.15) is 26.3 Å². The van der Waals surface area contributed by atoms with Gasteiger partial charge in [0.2, 0.25) is 0 Å². The molecule has 0 aliphatic carbocycles. The van der Waals surface area contributed by atoms with Gasteiger partial charge in [-0.25, -0.2) is 0 Å². The Morgan fingerprint density at radius 3 is 2.00 bits per heavy atom. The largest absolute Gasteiger partial charge is 0.447 e. The fourth-order valence-corrected chi connectivity index (χ4v) is 9.83. The zero-order valence-electron chi connectivity index (χ0n) is 31.4. The van der Waals surface area contributed by atoms with Gasteiger partial charge in [-0.2, -0.15) is 0 Å². The summed E-state index contributed by atoms with van der Waals surface area (Å²) in [6.07, 6.45) is 1.95. The third-order valence-corrected chi connectivity index (χ3v) is 12.5. The van der Waals surface area contributed by atoms with Crippen LogP contribution in [0.2, 0.25) is 0 Å². The zero-order valence-corrected chi connectivity index (χ0v) is 33.1. The maximum Gasteiger partial charge on any atom is 0.182 e. The number of para-hydroxylation sites is 3. The summed E-state index contributed by atoms with van der Waals surface area (Å²) in [6, 6.07) is 56.4. The van der Waals surface area contributed by atoms with Gasteiger partial charge in [0.05, 0.1) is 22.8 Å². The number of hydrogen-bond acceptors (Lipinski definition) is 6. The van der Waals surface area contributed by atoms with Crippen LogP contribution in [0.25, 0.3) is 53.7 Å². The number of aromatic nitrogens is 1. The highest BCUT2D eigenvalue weighted by Gasteiger charge is 2.31. The summed E-state index contributed by atoms with van der Waals surface area (Å²) in [5, 5.41) is 5.43. The lowest BCUT2D eigenvalue weighted by atomic mass is 9.86. The number of nitrogens with zero attached hydrogens (tertiary/aromatic N) is 3. The van der Waals surface area contributed by atoms with Crippen LogP contribution in [0.4, 0.5) is 22.7 Å². The molecule has 0 amide bonds. The molecular formula is C50H39N3OS2. The molecule has 9 aromatic rings. The van der Waals surface area contributed by atoms with Crippen molar-refractivity contribution >= 4 is 65.6 Å². The number of ether oxygens (including phenoxy) is 1. The number of thiophene rings is 2. The molecule has 3 aromatic heterocycles. The van der Waals surface area contributed by atoms with E-state index in [9.17, 15) is 0 Å². The first-order valence-electron chi connectivity index (χ1n) is 19.0. The third-order valence-electron chi connectivity index (χ3n) is 10.7. The number of anilines is 4. The van der Waals surface area contributed by atoms with Crippen LogP contribution in [0, 0.1) is 0 Å². The van der Waals surface area contributed by atoms with E-state index in [1.165, 1.54) is 64.9 Å². The summed E-state index contributed by atoms with van der Waals surface area (Å²) in [4.78, 5) is 9.76. The number of rotatable bonds is 7. The van der Waals surface area contributed by atoms with Gasteiger partial charge in [0.25, 0.3) is 0 Å². The van der Waals surface area contributed by atoms with Crippen molar-refractivity contribution in [2.45, 2.75) is 26.2 Å². The average molecular weight is 762 g/mol. The van der Waals surface area contributed by atoms with Gasteiger partial charge in [-0.3, -0.25) is 4.98 Å². The van der Waals surface area contributed by atoms with E-state index in [0.717, 1.165) is 27.9 Å². The van der Waals surface area contributed by atoms with Crippen molar-refractivity contribution in [1.29, 1.82) is 0 Å². The Hall–Kier alpha value is -6.21. The first-order valence-corrected chi connectivity index (χ1v) is 20.7. The van der Waals surface area contributed by atoms with Crippen LogP contribution >= 0.6 is 22.7 Å². The van der Waals surface area contributed by atoms with Crippen LogP contribution in [-0.2, 0) is 5.41 Å². The van der Waals surface area contributed by atoms with Crippen molar-refractivity contribution in [3.8, 4) is 44.3 Å². The number of benzene rings is 6. The fraction of sp³-hybridized carbons (Fsp3) is 0.100. The first-order chi connectivity index (χ1) is 27.4. The minimum Gasteiger partial charge on any atom is -0.447 e. The van der Waals surface area contributed by atoms with Gasteiger partial charge in [-0.1, -0.05) is 129 Å². The highest BCUT2D eigenvalue weighted by molar-refractivity contribution is 7.22. The van der Waals surface area contributed by atoms with Gasteiger partial charge in [-0.15, -0.1) is 11.3 Å². The van der Waals surface area contributed by atoms with Crippen LogP contribution in [0.5, 0.6) is 10.8 Å². The Labute approximate surface area is 335 Å². The molecule has 4 heterocycles. The molecule has 0 radical (unpaired) electrons. The van der Waals surface area contributed by atoms with E-state index < -0.39 is 0 Å². The van der Waals surface area contributed by atoms with Gasteiger partial charge < -0.3 is 14.5 Å². The molecule has 1 aliphatic heterocycles. The second kappa shape index (κ2) is 13.8. The van der Waals surface area contributed by atoms with E-state index in [-0.39, 0.29) is 5.41 Å². The minimum absolute atomic E-state index is 0.0234. The molecule has 0 bridgehead atoms. The molecule has 0 spiro atoms. The van der Waals surface area contributed by atoms with Gasteiger partial charge in [0.1, 0.15) is 12.4 Å².